The number of carboxylic acid groups (broad SMARTS) is 1. The molecule has 0 saturated carbocycles. The Bertz CT molecular complexity index is 1280. The van der Waals surface area contributed by atoms with Gasteiger partial charge >= 0.3 is 18.2 Å². The van der Waals surface area contributed by atoms with Crippen molar-refractivity contribution >= 4 is 18.2 Å². The number of rotatable bonds is 6. The van der Waals surface area contributed by atoms with Gasteiger partial charge in [-0.05, 0) is 62.7 Å². The van der Waals surface area contributed by atoms with Crippen LogP contribution in [0.3, 0.4) is 0 Å². The molecule has 0 spiro atoms. The van der Waals surface area contributed by atoms with Gasteiger partial charge in [-0.2, -0.15) is 5.26 Å². The Hall–Kier alpha value is -4.65. The van der Waals surface area contributed by atoms with Crippen molar-refractivity contribution in [1.29, 1.82) is 5.26 Å². The Morgan fingerprint density at radius 3 is 2.31 bits per heavy atom. The summed E-state index contributed by atoms with van der Waals surface area (Å²) in [6.45, 7) is 5.35. The maximum Gasteiger partial charge on any atom is 0.417 e. The van der Waals surface area contributed by atoms with Crippen LogP contribution < -0.4 is 4.74 Å². The normalized spacial score (nSPS) is 11.8. The summed E-state index contributed by atoms with van der Waals surface area (Å²) in [5.74, 6) is -0.707. The summed E-state index contributed by atoms with van der Waals surface area (Å²) >= 11 is 0. The quantitative estimate of drug-likeness (QED) is 0.394. The Morgan fingerprint density at radius 1 is 1.11 bits per heavy atom. The molecule has 1 unspecified atom stereocenters. The number of aromatic nitrogens is 2. The maximum atomic E-state index is 12.5. The highest BCUT2D eigenvalue weighted by Gasteiger charge is 2.27. The number of hydrogen-bond acceptors (Lipinski definition) is 7. The molecule has 1 atom stereocenters. The van der Waals surface area contributed by atoms with Crippen molar-refractivity contribution in [3.63, 3.8) is 0 Å². The fourth-order valence-corrected chi connectivity index (χ4v) is 3.37. The summed E-state index contributed by atoms with van der Waals surface area (Å²) in [4.78, 5) is 42.3. The van der Waals surface area contributed by atoms with Crippen molar-refractivity contribution < 1.29 is 29.0 Å². The lowest BCUT2D eigenvalue weighted by Gasteiger charge is -2.27. The Balaban J connectivity index is 1.84. The van der Waals surface area contributed by atoms with Gasteiger partial charge in [0.1, 0.15) is 17.2 Å². The van der Waals surface area contributed by atoms with Crippen LogP contribution in [0.1, 0.15) is 54.0 Å². The van der Waals surface area contributed by atoms with Crippen LogP contribution in [0.25, 0.3) is 0 Å². The van der Waals surface area contributed by atoms with Crippen LogP contribution in [0.2, 0.25) is 0 Å². The minimum Gasteiger partial charge on any atom is -0.464 e. The lowest BCUT2D eigenvalue weighted by Crippen LogP contribution is -2.37. The molecule has 2 aromatic carbocycles. The monoisotopic (exact) mass is 490 g/mol. The molecule has 0 fully saturated rings. The van der Waals surface area contributed by atoms with E-state index in [-0.39, 0.29) is 18.1 Å². The number of ether oxygens (including phenoxy) is 2. The summed E-state index contributed by atoms with van der Waals surface area (Å²) in [5.41, 5.74) is 0.676. The van der Waals surface area contributed by atoms with Gasteiger partial charge in [0.25, 0.3) is 0 Å². The van der Waals surface area contributed by atoms with Crippen LogP contribution >= 0.6 is 0 Å². The third kappa shape index (κ3) is 6.48. The number of likely N-dealkylation sites (N-methyl/N-ethyl adjacent to an activating group) is 1. The molecule has 0 bridgehead atoms. The zero-order valence-corrected chi connectivity index (χ0v) is 20.3. The molecule has 36 heavy (non-hydrogen) atoms. The van der Waals surface area contributed by atoms with Crippen LogP contribution in [-0.4, -0.2) is 56.9 Å². The first-order chi connectivity index (χ1) is 17.0. The summed E-state index contributed by atoms with van der Waals surface area (Å²) in [5, 5.41) is 18.5. The summed E-state index contributed by atoms with van der Waals surface area (Å²) in [7, 11) is 1.56. The van der Waals surface area contributed by atoms with Crippen molar-refractivity contribution in [2.45, 2.75) is 32.3 Å². The van der Waals surface area contributed by atoms with Crippen molar-refractivity contribution in [2.24, 2.45) is 0 Å². The Labute approximate surface area is 208 Å². The minimum atomic E-state index is -1.21. The van der Waals surface area contributed by atoms with E-state index in [1.165, 1.54) is 41.6 Å². The molecule has 10 nitrogen and oxygen atoms in total. The van der Waals surface area contributed by atoms with Gasteiger partial charge in [0.15, 0.2) is 0 Å². The first-order valence-corrected chi connectivity index (χ1v) is 11.0. The van der Waals surface area contributed by atoms with Crippen molar-refractivity contribution in [2.75, 3.05) is 13.6 Å². The van der Waals surface area contributed by atoms with Gasteiger partial charge in [-0.15, -0.1) is 0 Å². The summed E-state index contributed by atoms with van der Waals surface area (Å²) < 4.78 is 11.8. The smallest absolute Gasteiger partial charge is 0.417 e. The van der Waals surface area contributed by atoms with Gasteiger partial charge in [0.2, 0.25) is 0 Å². The fourth-order valence-electron chi connectivity index (χ4n) is 3.37. The van der Waals surface area contributed by atoms with Gasteiger partial charge in [-0.1, -0.05) is 12.1 Å². The van der Waals surface area contributed by atoms with E-state index in [1.54, 1.807) is 52.1 Å². The van der Waals surface area contributed by atoms with E-state index in [1.807, 2.05) is 6.07 Å². The molecule has 0 aliphatic carbocycles. The number of carbonyl (C=O) groups is 3. The fraction of sp³-hybridized carbons (Fsp3) is 0.269. The molecule has 3 aromatic rings. The molecule has 0 aliphatic heterocycles. The molecule has 1 amide bonds. The van der Waals surface area contributed by atoms with Crippen LogP contribution in [0.15, 0.2) is 60.9 Å². The number of esters is 1. The highest BCUT2D eigenvalue weighted by molar-refractivity contribution is 5.91. The molecule has 0 saturated heterocycles. The third-order valence-corrected chi connectivity index (χ3v) is 5.09. The van der Waals surface area contributed by atoms with E-state index in [0.29, 0.717) is 16.7 Å². The highest BCUT2D eigenvalue weighted by atomic mass is 16.6. The van der Waals surface area contributed by atoms with Gasteiger partial charge in [-0.25, -0.2) is 23.9 Å². The average molecular weight is 491 g/mol. The van der Waals surface area contributed by atoms with E-state index in [0.717, 1.165) is 4.57 Å². The second kappa shape index (κ2) is 10.7. The second-order valence-corrected chi connectivity index (χ2v) is 9.00. The number of nitriles is 1. The average Bonchev–Trinajstić information content (AvgIpc) is 3.32. The first kappa shape index (κ1) is 26.0. The van der Waals surface area contributed by atoms with Crippen LogP contribution in [0, 0.1) is 11.3 Å². The predicted octanol–water partition coefficient (Wildman–Crippen LogP) is 4.50. The first-order valence-electron chi connectivity index (χ1n) is 11.0. The molecule has 186 valence electrons. The SMILES string of the molecule is CN(CC(c1ccc(OC(=O)c2ccc(C#N)cc2)cc1)c1nccn1C(=O)O)C(=O)OC(C)(C)C. The minimum absolute atomic E-state index is 0.0869. The number of nitrogens with zero attached hydrogens (tertiary/aromatic N) is 4. The maximum absolute atomic E-state index is 12.5. The largest absolute Gasteiger partial charge is 0.464 e. The zero-order chi connectivity index (χ0) is 26.5. The second-order valence-electron chi connectivity index (χ2n) is 9.00. The van der Waals surface area contributed by atoms with Crippen molar-refractivity contribution in [1.82, 2.24) is 14.5 Å². The van der Waals surface area contributed by atoms with Gasteiger partial charge < -0.3 is 19.5 Å². The third-order valence-electron chi connectivity index (χ3n) is 5.09. The standard InChI is InChI=1S/C26H26N4O6/c1-26(2,3)36-25(34)29(4)16-21(22-28-13-14-30(22)24(32)33)18-9-11-20(12-10-18)35-23(31)19-7-5-17(15-27)6-8-19/h5-14,21H,16H2,1-4H3,(H,32,33). The molecule has 1 heterocycles. The Kier molecular flexibility index (Phi) is 7.74. The number of imidazole rings is 1. The molecule has 0 radical (unpaired) electrons. The van der Waals surface area contributed by atoms with Crippen LogP contribution in [-0.2, 0) is 4.74 Å². The van der Waals surface area contributed by atoms with Crippen LogP contribution in [0.4, 0.5) is 9.59 Å². The zero-order valence-electron chi connectivity index (χ0n) is 20.3. The van der Waals surface area contributed by atoms with E-state index in [4.69, 9.17) is 14.7 Å². The van der Waals surface area contributed by atoms with Crippen molar-refractivity contribution in [3.05, 3.63) is 83.4 Å². The Morgan fingerprint density at radius 2 is 1.75 bits per heavy atom. The van der Waals surface area contributed by atoms with E-state index >= 15 is 0 Å². The predicted molar refractivity (Wildman–Crippen MR) is 129 cm³/mol. The number of carbonyl (C=O) groups excluding carboxylic acids is 2. The lowest BCUT2D eigenvalue weighted by atomic mass is 9.97. The molecule has 1 N–H and O–H groups in total. The number of amides is 1. The number of benzene rings is 2. The molecule has 3 rings (SSSR count). The number of hydrogen-bond donors (Lipinski definition) is 1. The molecular weight excluding hydrogens is 464 g/mol. The van der Waals surface area contributed by atoms with Gasteiger partial charge in [-0.3, -0.25) is 0 Å². The molecule has 10 heteroatoms. The molecular formula is C26H26N4O6. The molecule has 0 aliphatic rings. The van der Waals surface area contributed by atoms with E-state index in [2.05, 4.69) is 4.98 Å². The van der Waals surface area contributed by atoms with Crippen LogP contribution in [0.5, 0.6) is 5.75 Å². The molecule has 1 aromatic heterocycles. The lowest BCUT2D eigenvalue weighted by molar-refractivity contribution is 0.0292. The highest BCUT2D eigenvalue weighted by Crippen LogP contribution is 2.27. The van der Waals surface area contributed by atoms with Crippen molar-refractivity contribution in [3.8, 4) is 11.8 Å². The van der Waals surface area contributed by atoms with Gasteiger partial charge in [0.05, 0.1) is 23.1 Å². The van der Waals surface area contributed by atoms with E-state index in [9.17, 15) is 19.5 Å². The summed E-state index contributed by atoms with van der Waals surface area (Å²) in [6.07, 6.45) is 0.929. The topological polar surface area (TPSA) is 135 Å². The summed E-state index contributed by atoms with van der Waals surface area (Å²) in [6, 6.07) is 14.5. The van der Waals surface area contributed by atoms with Gasteiger partial charge in [0, 0.05) is 26.0 Å². The van der Waals surface area contributed by atoms with E-state index < -0.39 is 29.7 Å².